The molecule has 2 unspecified atom stereocenters. The van der Waals surface area contributed by atoms with Crippen molar-refractivity contribution in [3.63, 3.8) is 0 Å². The molecule has 5 nitrogen and oxygen atoms in total. The minimum atomic E-state index is -0.890. The summed E-state index contributed by atoms with van der Waals surface area (Å²) in [4.78, 5) is 25.7. The molecule has 1 heterocycles. The first-order valence-electron chi connectivity index (χ1n) is 8.36. The summed E-state index contributed by atoms with van der Waals surface area (Å²) in [5.74, 6) is -0.152. The van der Waals surface area contributed by atoms with E-state index in [0.717, 1.165) is 58.0 Å². The van der Waals surface area contributed by atoms with E-state index in [4.69, 9.17) is 0 Å². The maximum atomic E-state index is 12.4. The number of rotatable bonds is 3. The summed E-state index contributed by atoms with van der Waals surface area (Å²) >= 11 is 0. The maximum Gasteiger partial charge on any atom is 0.326 e. The first-order valence-corrected chi connectivity index (χ1v) is 8.36. The van der Waals surface area contributed by atoms with E-state index in [-0.39, 0.29) is 11.9 Å². The largest absolute Gasteiger partial charge is 0.480 e. The lowest BCUT2D eigenvalue weighted by atomic mass is 9.84. The monoisotopic (exact) mass is 296 g/mol. The predicted molar refractivity (Wildman–Crippen MR) is 81.1 cm³/mol. The number of carboxylic acid groups (broad SMARTS) is 1. The van der Waals surface area contributed by atoms with E-state index < -0.39 is 12.0 Å². The highest BCUT2D eigenvalue weighted by atomic mass is 16.4. The van der Waals surface area contributed by atoms with Crippen molar-refractivity contribution in [2.45, 2.75) is 64.3 Å². The number of likely N-dealkylation sites (tertiary alicyclic amines) is 1. The number of carbonyl (C=O) groups is 2. The van der Waals surface area contributed by atoms with Crippen LogP contribution >= 0.6 is 0 Å². The number of nitrogens with one attached hydrogen (secondary N) is 1. The van der Waals surface area contributed by atoms with Gasteiger partial charge in [0.15, 0.2) is 0 Å². The molecule has 2 atom stereocenters. The lowest BCUT2D eigenvalue weighted by Gasteiger charge is -2.30. The van der Waals surface area contributed by atoms with E-state index in [9.17, 15) is 14.7 Å². The summed E-state index contributed by atoms with van der Waals surface area (Å²) in [6.07, 6.45) is 8.32. The van der Waals surface area contributed by atoms with Gasteiger partial charge in [0, 0.05) is 13.1 Å². The van der Waals surface area contributed by atoms with Crippen LogP contribution in [0, 0.1) is 11.8 Å². The third-order valence-corrected chi connectivity index (χ3v) is 4.97. The van der Waals surface area contributed by atoms with E-state index in [1.165, 1.54) is 6.42 Å². The van der Waals surface area contributed by atoms with Crippen LogP contribution in [0.3, 0.4) is 0 Å². The van der Waals surface area contributed by atoms with Crippen LogP contribution in [0.25, 0.3) is 0 Å². The molecule has 21 heavy (non-hydrogen) atoms. The van der Waals surface area contributed by atoms with E-state index >= 15 is 0 Å². The number of carbonyl (C=O) groups excluding carboxylic acids is 1. The molecule has 0 spiro atoms. The van der Waals surface area contributed by atoms with Crippen LogP contribution in [-0.2, 0) is 4.79 Å². The van der Waals surface area contributed by atoms with E-state index in [2.05, 4.69) is 12.2 Å². The van der Waals surface area contributed by atoms with Crippen molar-refractivity contribution in [3.8, 4) is 0 Å². The van der Waals surface area contributed by atoms with Crippen molar-refractivity contribution < 1.29 is 14.7 Å². The summed E-state index contributed by atoms with van der Waals surface area (Å²) < 4.78 is 0. The Morgan fingerprint density at radius 3 is 2.43 bits per heavy atom. The molecule has 0 bridgehead atoms. The third kappa shape index (κ3) is 4.61. The fourth-order valence-electron chi connectivity index (χ4n) is 3.54. The number of hydrogen-bond acceptors (Lipinski definition) is 2. The van der Waals surface area contributed by atoms with Crippen molar-refractivity contribution >= 4 is 12.0 Å². The maximum absolute atomic E-state index is 12.4. The Kier molecular flexibility index (Phi) is 5.88. The molecule has 2 fully saturated rings. The van der Waals surface area contributed by atoms with Gasteiger partial charge in [0.2, 0.25) is 0 Å². The fraction of sp³-hybridized carbons (Fsp3) is 0.875. The molecule has 0 aromatic heterocycles. The predicted octanol–water partition coefficient (Wildman–Crippen LogP) is 2.85. The zero-order valence-electron chi connectivity index (χ0n) is 13.0. The molecule has 2 amide bonds. The lowest BCUT2D eigenvalue weighted by Crippen LogP contribution is -2.51. The molecule has 0 aromatic carbocycles. The lowest BCUT2D eigenvalue weighted by molar-refractivity contribution is -0.141. The Balaban J connectivity index is 1.92. The number of urea groups is 1. The van der Waals surface area contributed by atoms with Crippen LogP contribution in [0.5, 0.6) is 0 Å². The highest BCUT2D eigenvalue weighted by Gasteiger charge is 2.32. The van der Waals surface area contributed by atoms with Crippen molar-refractivity contribution in [3.05, 3.63) is 0 Å². The second-order valence-electron chi connectivity index (χ2n) is 6.69. The van der Waals surface area contributed by atoms with E-state index in [0.29, 0.717) is 5.92 Å². The molecule has 0 radical (unpaired) electrons. The minimum Gasteiger partial charge on any atom is -0.480 e. The van der Waals surface area contributed by atoms with Crippen molar-refractivity contribution in [1.29, 1.82) is 0 Å². The smallest absolute Gasteiger partial charge is 0.326 e. The molecule has 1 saturated carbocycles. The highest BCUT2D eigenvalue weighted by molar-refractivity contribution is 5.82. The zero-order valence-corrected chi connectivity index (χ0v) is 13.0. The first kappa shape index (κ1) is 16.1. The number of hydrogen-bond donors (Lipinski definition) is 2. The number of aliphatic carboxylic acids is 1. The van der Waals surface area contributed by atoms with E-state index in [1.807, 2.05) is 0 Å². The number of nitrogens with zero attached hydrogens (tertiary/aromatic N) is 1. The highest BCUT2D eigenvalue weighted by Crippen LogP contribution is 2.27. The molecular weight excluding hydrogens is 268 g/mol. The fourth-order valence-corrected chi connectivity index (χ4v) is 3.54. The van der Waals surface area contributed by atoms with Crippen LogP contribution < -0.4 is 5.32 Å². The van der Waals surface area contributed by atoms with Crippen molar-refractivity contribution in [2.75, 3.05) is 13.1 Å². The third-order valence-electron chi connectivity index (χ3n) is 4.97. The molecule has 0 aromatic rings. The summed E-state index contributed by atoms with van der Waals surface area (Å²) in [5.41, 5.74) is 0. The normalized spacial score (nSPS) is 26.0. The van der Waals surface area contributed by atoms with Crippen LogP contribution in [0.1, 0.15) is 58.3 Å². The summed E-state index contributed by atoms with van der Waals surface area (Å²) in [5, 5.41) is 12.2. The second-order valence-corrected chi connectivity index (χ2v) is 6.69. The number of amides is 2. The summed E-state index contributed by atoms with van der Waals surface area (Å²) in [6, 6.07) is -0.916. The van der Waals surface area contributed by atoms with Gasteiger partial charge in [-0.15, -0.1) is 0 Å². The van der Waals surface area contributed by atoms with Gasteiger partial charge in [-0.3, -0.25) is 0 Å². The average molecular weight is 296 g/mol. The van der Waals surface area contributed by atoms with E-state index in [1.54, 1.807) is 4.90 Å². The van der Waals surface area contributed by atoms with Crippen molar-refractivity contribution in [2.24, 2.45) is 11.8 Å². The molecule has 1 aliphatic carbocycles. The van der Waals surface area contributed by atoms with Gasteiger partial charge in [-0.05, 0) is 43.9 Å². The van der Waals surface area contributed by atoms with Crippen LogP contribution in [0.15, 0.2) is 0 Å². The summed E-state index contributed by atoms with van der Waals surface area (Å²) in [7, 11) is 0. The molecular formula is C16H28N2O3. The van der Waals surface area contributed by atoms with Crippen molar-refractivity contribution in [1.82, 2.24) is 10.2 Å². The number of carboxylic acids is 1. The Labute approximate surface area is 127 Å². The molecule has 2 aliphatic rings. The van der Waals surface area contributed by atoms with Gasteiger partial charge in [-0.25, -0.2) is 9.59 Å². The van der Waals surface area contributed by atoms with Crippen LogP contribution in [0.2, 0.25) is 0 Å². The Morgan fingerprint density at radius 1 is 1.05 bits per heavy atom. The Bertz CT molecular complexity index is 367. The zero-order chi connectivity index (χ0) is 15.2. The second kappa shape index (κ2) is 7.66. The average Bonchev–Trinajstić information content (AvgIpc) is 2.70. The summed E-state index contributed by atoms with van der Waals surface area (Å²) in [6.45, 7) is 3.70. The van der Waals surface area contributed by atoms with Gasteiger partial charge in [0.25, 0.3) is 0 Å². The Morgan fingerprint density at radius 2 is 1.76 bits per heavy atom. The molecule has 2 rings (SSSR count). The molecule has 2 N–H and O–H groups in total. The molecule has 120 valence electrons. The Hall–Kier alpha value is -1.26. The minimum absolute atomic E-state index is 0.0890. The van der Waals surface area contributed by atoms with Gasteiger partial charge >= 0.3 is 12.0 Å². The standard InChI is InChI=1S/C16H28N2O3/c1-12-6-5-10-18(11-9-12)16(21)17-14(15(19)20)13-7-3-2-4-8-13/h12-14H,2-11H2,1H3,(H,17,21)(H,19,20). The van der Waals surface area contributed by atoms with Gasteiger partial charge in [0.1, 0.15) is 6.04 Å². The molecule has 1 saturated heterocycles. The molecule has 1 aliphatic heterocycles. The van der Waals surface area contributed by atoms with Crippen LogP contribution in [-0.4, -0.2) is 41.1 Å². The quantitative estimate of drug-likeness (QED) is 0.841. The van der Waals surface area contributed by atoms with Crippen LogP contribution in [0.4, 0.5) is 4.79 Å². The van der Waals surface area contributed by atoms with Gasteiger partial charge in [-0.2, -0.15) is 0 Å². The SMILES string of the molecule is CC1CCCN(C(=O)NC(C(=O)O)C2CCCCC2)CC1. The van der Waals surface area contributed by atoms with Gasteiger partial charge in [0.05, 0.1) is 0 Å². The topological polar surface area (TPSA) is 69.6 Å². The molecule has 5 heteroatoms. The first-order chi connectivity index (χ1) is 10.1. The van der Waals surface area contributed by atoms with Gasteiger partial charge in [-0.1, -0.05) is 26.2 Å². The van der Waals surface area contributed by atoms with Gasteiger partial charge < -0.3 is 15.3 Å².